The second-order valence-corrected chi connectivity index (χ2v) is 14.4. The summed E-state index contributed by atoms with van der Waals surface area (Å²) in [6, 6.07) is -1.65. The molecule has 0 bridgehead atoms. The van der Waals surface area contributed by atoms with Crippen LogP contribution in [0.15, 0.2) is 0 Å². The molecule has 0 aromatic rings. The maximum atomic E-state index is 5.80. The first-order chi connectivity index (χ1) is 9.06. The van der Waals surface area contributed by atoms with Crippen LogP contribution in [-0.2, 0) is 4.74 Å². The van der Waals surface area contributed by atoms with Crippen molar-refractivity contribution in [1.82, 2.24) is 0 Å². The molecule has 0 amide bonds. The van der Waals surface area contributed by atoms with Gasteiger partial charge in [0.15, 0.2) is 0 Å². The Morgan fingerprint density at radius 3 is 1.68 bits per heavy atom. The van der Waals surface area contributed by atoms with Crippen molar-refractivity contribution in [2.75, 3.05) is 13.2 Å². The number of halogens is 3. The predicted octanol–water partition coefficient (Wildman–Crippen LogP) is 6.58. The van der Waals surface area contributed by atoms with Crippen LogP contribution in [0.5, 0.6) is 0 Å². The van der Waals surface area contributed by atoms with Gasteiger partial charge in [-0.2, -0.15) is 0 Å². The van der Waals surface area contributed by atoms with E-state index in [0.29, 0.717) is 0 Å². The molecule has 0 rings (SSSR count). The molecular formula is C14H29Cl3OSi. The van der Waals surface area contributed by atoms with Gasteiger partial charge in [-0.15, -0.1) is 33.2 Å². The predicted molar refractivity (Wildman–Crippen MR) is 90.8 cm³/mol. The summed E-state index contributed by atoms with van der Waals surface area (Å²) in [6.45, 7) is 3.96. The summed E-state index contributed by atoms with van der Waals surface area (Å²) in [5, 5.41) is 0. The first kappa shape index (κ1) is 20.0. The van der Waals surface area contributed by atoms with Crippen molar-refractivity contribution in [3.63, 3.8) is 0 Å². The first-order valence-electron chi connectivity index (χ1n) is 7.70. The van der Waals surface area contributed by atoms with Gasteiger partial charge in [0.1, 0.15) is 0 Å². The fraction of sp³-hybridized carbons (Fsp3) is 1.00. The van der Waals surface area contributed by atoms with Crippen LogP contribution in [0.1, 0.15) is 71.1 Å². The molecule has 0 aliphatic rings. The smallest absolute Gasteiger partial charge is 0.341 e. The average Bonchev–Trinajstić information content (AvgIpc) is 2.34. The molecule has 0 aliphatic heterocycles. The summed E-state index contributed by atoms with van der Waals surface area (Å²) in [7, 11) is 0. The number of rotatable bonds is 14. The molecule has 0 spiro atoms. The molecule has 0 aromatic heterocycles. The molecule has 1 nitrogen and oxygen atoms in total. The van der Waals surface area contributed by atoms with Crippen molar-refractivity contribution in [1.29, 1.82) is 0 Å². The van der Waals surface area contributed by atoms with Crippen LogP contribution < -0.4 is 0 Å². The number of hydrogen-bond donors (Lipinski definition) is 0. The van der Waals surface area contributed by atoms with Gasteiger partial charge < -0.3 is 4.74 Å². The molecule has 0 atom stereocenters. The lowest BCUT2D eigenvalue weighted by Crippen LogP contribution is -2.08. The fourth-order valence-corrected chi connectivity index (χ4v) is 3.82. The Morgan fingerprint density at radius 1 is 0.684 bits per heavy atom. The first-order valence-corrected chi connectivity index (χ1v) is 12.9. The summed E-state index contributed by atoms with van der Waals surface area (Å²) in [5.41, 5.74) is 0. The molecule has 0 saturated heterocycles. The average molecular weight is 348 g/mol. The van der Waals surface area contributed by atoms with Gasteiger partial charge in [-0.05, 0) is 18.9 Å². The van der Waals surface area contributed by atoms with E-state index in [4.69, 9.17) is 38.0 Å². The van der Waals surface area contributed by atoms with Crippen molar-refractivity contribution in [2.24, 2.45) is 0 Å². The highest BCUT2D eigenvalue weighted by Crippen LogP contribution is 2.26. The summed E-state index contributed by atoms with van der Waals surface area (Å²) >= 11 is 17.4. The quantitative estimate of drug-likeness (QED) is 0.196. The lowest BCUT2D eigenvalue weighted by atomic mass is 10.1. The second kappa shape index (κ2) is 14.0. The zero-order valence-electron chi connectivity index (χ0n) is 12.2. The zero-order chi connectivity index (χ0) is 14.4. The van der Waals surface area contributed by atoms with Gasteiger partial charge >= 0.3 is 6.00 Å². The van der Waals surface area contributed by atoms with Gasteiger partial charge in [0.05, 0.1) is 0 Å². The topological polar surface area (TPSA) is 9.23 Å². The second-order valence-electron chi connectivity index (χ2n) is 5.16. The van der Waals surface area contributed by atoms with Crippen LogP contribution >= 0.6 is 33.2 Å². The summed E-state index contributed by atoms with van der Waals surface area (Å²) in [5.74, 6) is 0. The van der Waals surface area contributed by atoms with Crippen LogP contribution in [-0.4, -0.2) is 19.2 Å². The molecule has 0 aromatic carbocycles. The zero-order valence-corrected chi connectivity index (χ0v) is 15.5. The van der Waals surface area contributed by atoms with Crippen LogP contribution in [0, 0.1) is 0 Å². The van der Waals surface area contributed by atoms with E-state index >= 15 is 0 Å². The fourth-order valence-electron chi connectivity index (χ4n) is 1.97. The van der Waals surface area contributed by atoms with E-state index in [9.17, 15) is 0 Å². The molecule has 0 N–H and O–H groups in total. The van der Waals surface area contributed by atoms with E-state index in [1.54, 1.807) is 0 Å². The Balaban J connectivity index is 2.99. The normalized spacial score (nSPS) is 12.0. The van der Waals surface area contributed by atoms with Gasteiger partial charge in [0, 0.05) is 13.2 Å². The van der Waals surface area contributed by atoms with Crippen molar-refractivity contribution < 1.29 is 4.74 Å². The van der Waals surface area contributed by atoms with Crippen LogP contribution in [0.4, 0.5) is 0 Å². The number of unbranched alkanes of at least 4 members (excludes halogenated alkanes) is 8. The lowest BCUT2D eigenvalue weighted by Gasteiger charge is -2.07. The highest BCUT2D eigenvalue weighted by molar-refractivity contribution is 7.64. The Labute approximate surface area is 134 Å². The monoisotopic (exact) mass is 346 g/mol. The van der Waals surface area contributed by atoms with Crippen molar-refractivity contribution in [3.05, 3.63) is 0 Å². The summed E-state index contributed by atoms with van der Waals surface area (Å²) < 4.78 is 5.58. The van der Waals surface area contributed by atoms with Crippen molar-refractivity contribution >= 4 is 39.2 Å². The Kier molecular flexibility index (Phi) is 14.8. The molecule has 0 radical (unpaired) electrons. The van der Waals surface area contributed by atoms with E-state index in [1.165, 1.54) is 51.4 Å². The van der Waals surface area contributed by atoms with E-state index < -0.39 is 6.00 Å². The van der Waals surface area contributed by atoms with Crippen molar-refractivity contribution in [3.8, 4) is 0 Å². The maximum absolute atomic E-state index is 5.80. The minimum atomic E-state index is -2.40. The maximum Gasteiger partial charge on any atom is 0.341 e. The Hall–Kier alpha value is 1.05. The molecule has 0 saturated carbocycles. The standard InChI is InChI=1S/C14H29Cl3OSi/c1-2-3-4-5-6-7-8-9-12-18-13-10-11-14-19(15,16)17/h2-14H2,1H3. The molecule has 19 heavy (non-hydrogen) atoms. The van der Waals surface area contributed by atoms with Gasteiger partial charge in [0.25, 0.3) is 0 Å². The number of hydrogen-bond acceptors (Lipinski definition) is 1. The highest BCUT2D eigenvalue weighted by Gasteiger charge is 2.23. The lowest BCUT2D eigenvalue weighted by molar-refractivity contribution is 0.127. The largest absolute Gasteiger partial charge is 0.381 e. The van der Waals surface area contributed by atoms with Gasteiger partial charge in [-0.25, -0.2) is 0 Å². The molecule has 5 heteroatoms. The minimum Gasteiger partial charge on any atom is -0.381 e. The SMILES string of the molecule is CCCCCCCCCCOCCCC[Si](Cl)(Cl)Cl. The van der Waals surface area contributed by atoms with Crippen molar-refractivity contribution in [2.45, 2.75) is 77.2 Å². The third kappa shape index (κ3) is 19.0. The van der Waals surface area contributed by atoms with Crippen LogP contribution in [0.25, 0.3) is 0 Å². The minimum absolute atomic E-state index is 0.749. The van der Waals surface area contributed by atoms with E-state index in [1.807, 2.05) is 0 Å². The molecule has 0 unspecified atom stereocenters. The molecule has 0 heterocycles. The molecule has 116 valence electrons. The van der Waals surface area contributed by atoms with Gasteiger partial charge in [0.2, 0.25) is 0 Å². The highest BCUT2D eigenvalue weighted by atomic mass is 35.8. The third-order valence-electron chi connectivity index (χ3n) is 3.14. The number of ether oxygens (including phenoxy) is 1. The summed E-state index contributed by atoms with van der Waals surface area (Å²) in [6.07, 6.45) is 12.7. The third-order valence-corrected chi connectivity index (χ3v) is 5.76. The van der Waals surface area contributed by atoms with E-state index in [-0.39, 0.29) is 0 Å². The Bertz CT molecular complexity index is 186. The van der Waals surface area contributed by atoms with Crippen LogP contribution in [0.2, 0.25) is 6.04 Å². The van der Waals surface area contributed by atoms with Gasteiger partial charge in [-0.1, -0.05) is 58.3 Å². The summed E-state index contributed by atoms with van der Waals surface area (Å²) in [4.78, 5) is 0. The van der Waals surface area contributed by atoms with Crippen LogP contribution in [0.3, 0.4) is 0 Å². The molecule has 0 aliphatic carbocycles. The van der Waals surface area contributed by atoms with E-state index in [0.717, 1.165) is 32.1 Å². The molecular weight excluding hydrogens is 319 g/mol. The van der Waals surface area contributed by atoms with Gasteiger partial charge in [-0.3, -0.25) is 0 Å². The van der Waals surface area contributed by atoms with E-state index in [2.05, 4.69) is 6.92 Å². The molecule has 0 fully saturated rings. The Morgan fingerprint density at radius 2 is 1.16 bits per heavy atom.